The highest BCUT2D eigenvalue weighted by Gasteiger charge is 2.15. The molecule has 3 rings (SSSR count). The molecule has 0 bridgehead atoms. The van der Waals surface area contributed by atoms with Gasteiger partial charge in [-0.1, -0.05) is 24.3 Å². The summed E-state index contributed by atoms with van der Waals surface area (Å²) in [4.78, 5) is 0. The van der Waals surface area contributed by atoms with Crippen molar-refractivity contribution < 1.29 is 25.2 Å². The van der Waals surface area contributed by atoms with Crippen LogP contribution in [0.2, 0.25) is 0 Å². The van der Waals surface area contributed by atoms with Gasteiger partial charge in [-0.3, -0.25) is 0 Å². The van der Waals surface area contributed by atoms with Crippen LogP contribution in [0.15, 0.2) is 66.7 Å². The van der Waals surface area contributed by atoms with Crippen molar-refractivity contribution in [1.82, 2.24) is 5.32 Å². The normalized spacial score (nSPS) is 12.1. The summed E-state index contributed by atoms with van der Waals surface area (Å²) in [6, 6.07) is 19.0. The zero-order valence-corrected chi connectivity index (χ0v) is 16.8. The zero-order chi connectivity index (χ0) is 21.5. The van der Waals surface area contributed by atoms with Gasteiger partial charge < -0.3 is 30.5 Å². The number of hydrogen-bond donors (Lipinski definition) is 5. The van der Waals surface area contributed by atoms with Crippen LogP contribution in [-0.2, 0) is 0 Å². The minimum atomic E-state index is -0.709. The minimum absolute atomic E-state index is 0.0148. The van der Waals surface area contributed by atoms with Crippen molar-refractivity contribution >= 4 is 0 Å². The van der Waals surface area contributed by atoms with Crippen LogP contribution in [0.25, 0.3) is 0 Å². The molecule has 0 aliphatic rings. The number of ether oxygens (including phenoxy) is 1. The van der Waals surface area contributed by atoms with Gasteiger partial charge in [0.1, 0.15) is 35.7 Å². The largest absolute Gasteiger partial charge is 0.508 e. The van der Waals surface area contributed by atoms with Gasteiger partial charge in [0, 0.05) is 19.0 Å². The van der Waals surface area contributed by atoms with Crippen LogP contribution in [0, 0.1) is 6.92 Å². The Morgan fingerprint density at radius 3 is 1.90 bits per heavy atom. The van der Waals surface area contributed by atoms with E-state index in [2.05, 4.69) is 5.32 Å². The van der Waals surface area contributed by atoms with Gasteiger partial charge in [-0.05, 0) is 66.1 Å². The Balaban J connectivity index is 1.57. The number of benzene rings is 3. The number of hydrogen-bond acceptors (Lipinski definition) is 6. The standard InChI is InChI=1S/C24H27NO5/c1-16-12-22(10-11-24(16)29)30-15-21(28)13-25-14-23(17-2-6-19(26)7-3-17)18-4-8-20(27)9-5-18/h2-12,21,23,25-29H,13-15H2,1H3/t21-/m0/s1. The molecule has 3 aromatic rings. The number of aliphatic hydroxyl groups excluding tert-OH is 1. The number of phenolic OH excluding ortho intramolecular Hbond substituents is 3. The maximum atomic E-state index is 10.3. The molecule has 0 saturated heterocycles. The Kier molecular flexibility index (Phi) is 7.17. The monoisotopic (exact) mass is 409 g/mol. The first-order valence-electron chi connectivity index (χ1n) is 9.81. The van der Waals surface area contributed by atoms with E-state index in [1.807, 2.05) is 24.3 Å². The molecule has 158 valence electrons. The van der Waals surface area contributed by atoms with E-state index in [0.29, 0.717) is 24.4 Å². The Morgan fingerprint density at radius 2 is 1.37 bits per heavy atom. The molecule has 5 N–H and O–H groups in total. The molecule has 0 aliphatic carbocycles. The van der Waals surface area contributed by atoms with Gasteiger partial charge in [-0.15, -0.1) is 0 Å². The van der Waals surface area contributed by atoms with E-state index < -0.39 is 6.10 Å². The minimum Gasteiger partial charge on any atom is -0.508 e. The predicted molar refractivity (Wildman–Crippen MR) is 115 cm³/mol. The van der Waals surface area contributed by atoms with Crippen molar-refractivity contribution in [2.24, 2.45) is 0 Å². The Morgan fingerprint density at radius 1 is 0.800 bits per heavy atom. The molecule has 3 aromatic carbocycles. The molecule has 0 unspecified atom stereocenters. The van der Waals surface area contributed by atoms with Crippen LogP contribution in [0.4, 0.5) is 0 Å². The van der Waals surface area contributed by atoms with Gasteiger partial charge in [0.25, 0.3) is 0 Å². The Hall–Kier alpha value is -3.22. The predicted octanol–water partition coefficient (Wildman–Crippen LogP) is 3.27. The number of aromatic hydroxyl groups is 3. The highest BCUT2D eigenvalue weighted by Crippen LogP contribution is 2.27. The highest BCUT2D eigenvalue weighted by molar-refractivity contribution is 5.39. The first kappa shape index (κ1) is 21.5. The van der Waals surface area contributed by atoms with Crippen molar-refractivity contribution in [1.29, 1.82) is 0 Å². The maximum absolute atomic E-state index is 10.3. The van der Waals surface area contributed by atoms with Crippen LogP contribution in [-0.4, -0.2) is 46.2 Å². The average Bonchev–Trinajstić information content (AvgIpc) is 2.74. The molecule has 0 heterocycles. The molecule has 6 heteroatoms. The summed E-state index contributed by atoms with van der Waals surface area (Å²) >= 11 is 0. The van der Waals surface area contributed by atoms with Crippen molar-refractivity contribution in [3.63, 3.8) is 0 Å². The summed E-state index contributed by atoms with van der Waals surface area (Å²) in [5, 5.41) is 42.2. The van der Waals surface area contributed by atoms with E-state index in [0.717, 1.165) is 11.1 Å². The van der Waals surface area contributed by atoms with Gasteiger partial charge in [-0.25, -0.2) is 0 Å². The lowest BCUT2D eigenvalue weighted by atomic mass is 9.91. The van der Waals surface area contributed by atoms with E-state index in [1.54, 1.807) is 49.4 Å². The summed E-state index contributed by atoms with van der Waals surface area (Å²) in [6.45, 7) is 2.81. The summed E-state index contributed by atoms with van der Waals surface area (Å²) < 4.78 is 5.60. The summed E-state index contributed by atoms with van der Waals surface area (Å²) in [7, 11) is 0. The van der Waals surface area contributed by atoms with Crippen LogP contribution >= 0.6 is 0 Å². The lowest BCUT2D eigenvalue weighted by Gasteiger charge is -2.20. The number of aryl methyl sites for hydroxylation is 1. The molecule has 0 fully saturated rings. The van der Waals surface area contributed by atoms with Gasteiger partial charge in [0.05, 0.1) is 0 Å². The molecule has 6 nitrogen and oxygen atoms in total. The smallest absolute Gasteiger partial charge is 0.119 e. The summed E-state index contributed by atoms with van der Waals surface area (Å²) in [6.07, 6.45) is -0.709. The number of nitrogens with one attached hydrogen (secondary N) is 1. The van der Waals surface area contributed by atoms with E-state index in [9.17, 15) is 20.4 Å². The molecule has 0 amide bonds. The first-order valence-corrected chi connectivity index (χ1v) is 9.81. The topological polar surface area (TPSA) is 102 Å². The molecule has 1 atom stereocenters. The molecular weight excluding hydrogens is 382 g/mol. The second-order valence-electron chi connectivity index (χ2n) is 7.31. The zero-order valence-electron chi connectivity index (χ0n) is 16.8. The van der Waals surface area contributed by atoms with E-state index >= 15 is 0 Å². The third-order valence-electron chi connectivity index (χ3n) is 4.93. The summed E-state index contributed by atoms with van der Waals surface area (Å²) in [5.74, 6) is 1.19. The van der Waals surface area contributed by atoms with Crippen LogP contribution in [0.3, 0.4) is 0 Å². The van der Waals surface area contributed by atoms with E-state index in [4.69, 9.17) is 4.74 Å². The van der Waals surface area contributed by atoms with E-state index in [1.165, 1.54) is 0 Å². The third kappa shape index (κ3) is 5.89. The quantitative estimate of drug-likeness (QED) is 0.372. The van der Waals surface area contributed by atoms with Crippen molar-refractivity contribution in [3.8, 4) is 23.0 Å². The SMILES string of the molecule is Cc1cc(OC[C@@H](O)CNCC(c2ccc(O)cc2)c2ccc(O)cc2)ccc1O. The Bertz CT molecular complexity index is 895. The van der Waals surface area contributed by atoms with Crippen molar-refractivity contribution in [2.45, 2.75) is 18.9 Å². The summed E-state index contributed by atoms with van der Waals surface area (Å²) in [5.41, 5.74) is 2.73. The average molecular weight is 409 g/mol. The fraction of sp³-hybridized carbons (Fsp3) is 0.250. The molecular formula is C24H27NO5. The van der Waals surface area contributed by atoms with Crippen molar-refractivity contribution in [3.05, 3.63) is 83.4 Å². The van der Waals surface area contributed by atoms with E-state index in [-0.39, 0.29) is 29.8 Å². The molecule has 0 radical (unpaired) electrons. The number of rotatable bonds is 9. The van der Waals surface area contributed by atoms with Gasteiger partial charge >= 0.3 is 0 Å². The van der Waals surface area contributed by atoms with Crippen molar-refractivity contribution in [2.75, 3.05) is 19.7 Å². The molecule has 0 aromatic heterocycles. The molecule has 0 aliphatic heterocycles. The van der Waals surface area contributed by atoms with Gasteiger partial charge in [-0.2, -0.15) is 0 Å². The van der Waals surface area contributed by atoms with Gasteiger partial charge in [0.2, 0.25) is 0 Å². The van der Waals surface area contributed by atoms with Gasteiger partial charge in [0.15, 0.2) is 0 Å². The fourth-order valence-electron chi connectivity index (χ4n) is 3.20. The Labute approximate surface area is 176 Å². The third-order valence-corrected chi connectivity index (χ3v) is 4.93. The lowest BCUT2D eigenvalue weighted by molar-refractivity contribution is 0.106. The maximum Gasteiger partial charge on any atom is 0.119 e. The van der Waals surface area contributed by atoms with Crippen LogP contribution in [0.1, 0.15) is 22.6 Å². The molecule has 30 heavy (non-hydrogen) atoms. The first-order chi connectivity index (χ1) is 14.4. The second-order valence-corrected chi connectivity index (χ2v) is 7.31. The molecule has 0 saturated carbocycles. The second kappa shape index (κ2) is 10.0. The fourth-order valence-corrected chi connectivity index (χ4v) is 3.20. The highest BCUT2D eigenvalue weighted by atomic mass is 16.5. The van der Waals surface area contributed by atoms with Crippen LogP contribution in [0.5, 0.6) is 23.0 Å². The van der Waals surface area contributed by atoms with Crippen LogP contribution < -0.4 is 10.1 Å². The molecule has 0 spiro atoms. The number of phenols is 3. The number of aliphatic hydroxyl groups is 1. The lowest BCUT2D eigenvalue weighted by Crippen LogP contribution is -2.34.